The first-order valence-electron chi connectivity index (χ1n) is 7.61. The highest BCUT2D eigenvalue weighted by Crippen LogP contribution is 2.40. The van der Waals surface area contributed by atoms with Crippen LogP contribution >= 0.6 is 0 Å². The summed E-state index contributed by atoms with van der Waals surface area (Å²) in [7, 11) is 0. The summed E-state index contributed by atoms with van der Waals surface area (Å²) < 4.78 is 14.3. The van der Waals surface area contributed by atoms with Crippen LogP contribution in [-0.4, -0.2) is 33.8 Å². The summed E-state index contributed by atoms with van der Waals surface area (Å²) in [6.07, 6.45) is 6.91. The molecule has 20 heavy (non-hydrogen) atoms. The minimum absolute atomic E-state index is 0.240. The van der Waals surface area contributed by atoms with Crippen molar-refractivity contribution < 1.29 is 9.50 Å². The highest BCUT2D eigenvalue weighted by molar-refractivity contribution is 5.42. The number of piperidine rings is 1. The van der Waals surface area contributed by atoms with E-state index in [0.29, 0.717) is 37.4 Å². The van der Waals surface area contributed by atoms with E-state index in [1.54, 1.807) is 0 Å². The van der Waals surface area contributed by atoms with E-state index in [1.807, 2.05) is 11.8 Å². The summed E-state index contributed by atoms with van der Waals surface area (Å²) in [6.45, 7) is 3.27. The lowest BCUT2D eigenvalue weighted by molar-refractivity contribution is -0.0614. The number of rotatable bonds is 2. The van der Waals surface area contributed by atoms with Crippen LogP contribution < -0.4 is 4.90 Å². The van der Waals surface area contributed by atoms with Gasteiger partial charge in [-0.3, -0.25) is 0 Å². The molecule has 5 heteroatoms. The van der Waals surface area contributed by atoms with Crippen molar-refractivity contribution in [3.05, 3.63) is 17.8 Å². The fourth-order valence-electron chi connectivity index (χ4n) is 3.63. The molecule has 2 fully saturated rings. The molecule has 0 radical (unpaired) electrons. The Balaban J connectivity index is 1.83. The van der Waals surface area contributed by atoms with Gasteiger partial charge in [-0.05, 0) is 25.7 Å². The van der Waals surface area contributed by atoms with E-state index >= 15 is 0 Å². The van der Waals surface area contributed by atoms with Crippen molar-refractivity contribution in [2.24, 2.45) is 5.92 Å². The van der Waals surface area contributed by atoms with Gasteiger partial charge in [0.1, 0.15) is 6.33 Å². The quantitative estimate of drug-likeness (QED) is 0.902. The maximum Gasteiger partial charge on any atom is 0.187 e. The van der Waals surface area contributed by atoms with Crippen LogP contribution in [0.5, 0.6) is 0 Å². The Morgan fingerprint density at radius 3 is 3.05 bits per heavy atom. The third kappa shape index (κ3) is 2.28. The van der Waals surface area contributed by atoms with Crippen molar-refractivity contribution in [1.29, 1.82) is 0 Å². The molecule has 1 saturated heterocycles. The molecule has 2 unspecified atom stereocenters. The van der Waals surface area contributed by atoms with Gasteiger partial charge in [0.2, 0.25) is 0 Å². The third-order valence-corrected chi connectivity index (χ3v) is 4.91. The molecular formula is C15H22FN3O. The lowest BCUT2D eigenvalue weighted by atomic mass is 9.71. The summed E-state index contributed by atoms with van der Waals surface area (Å²) in [4.78, 5) is 10.1. The van der Waals surface area contributed by atoms with Crippen molar-refractivity contribution in [2.75, 3.05) is 18.0 Å². The average Bonchev–Trinajstić information content (AvgIpc) is 2.47. The van der Waals surface area contributed by atoms with Gasteiger partial charge in [0.15, 0.2) is 11.6 Å². The summed E-state index contributed by atoms with van der Waals surface area (Å²) in [6, 6.07) is 0. The number of halogens is 1. The molecule has 3 rings (SSSR count). The summed E-state index contributed by atoms with van der Waals surface area (Å²) in [5.74, 6) is 0.352. The first kappa shape index (κ1) is 13.7. The molecule has 1 aliphatic heterocycles. The van der Waals surface area contributed by atoms with E-state index in [1.165, 1.54) is 6.33 Å². The van der Waals surface area contributed by atoms with Gasteiger partial charge in [0, 0.05) is 19.0 Å². The summed E-state index contributed by atoms with van der Waals surface area (Å²) >= 11 is 0. The van der Waals surface area contributed by atoms with Crippen molar-refractivity contribution in [3.63, 3.8) is 0 Å². The van der Waals surface area contributed by atoms with Gasteiger partial charge in [0.25, 0.3) is 0 Å². The predicted octanol–water partition coefficient (Wildman–Crippen LogP) is 2.31. The predicted molar refractivity (Wildman–Crippen MR) is 75.1 cm³/mol. The molecule has 0 bridgehead atoms. The second-order valence-electron chi connectivity index (χ2n) is 6.05. The SMILES string of the molecule is CCc1ncnc(N2CCC3(O)CCCCC3C2)c1F. The number of nitrogens with zero attached hydrogens (tertiary/aromatic N) is 3. The highest BCUT2D eigenvalue weighted by Gasteiger charge is 2.43. The molecular weight excluding hydrogens is 257 g/mol. The van der Waals surface area contributed by atoms with Crippen molar-refractivity contribution in [2.45, 2.75) is 51.0 Å². The molecule has 1 aromatic heterocycles. The zero-order valence-electron chi connectivity index (χ0n) is 12.0. The Kier molecular flexibility index (Phi) is 3.63. The third-order valence-electron chi connectivity index (χ3n) is 4.91. The molecule has 1 N–H and O–H groups in total. The monoisotopic (exact) mass is 279 g/mol. The van der Waals surface area contributed by atoms with E-state index < -0.39 is 5.60 Å². The first-order chi connectivity index (χ1) is 9.64. The van der Waals surface area contributed by atoms with Crippen molar-refractivity contribution >= 4 is 5.82 Å². The number of fused-ring (bicyclic) bond motifs is 1. The van der Waals surface area contributed by atoms with Crippen LogP contribution in [0.15, 0.2) is 6.33 Å². The topological polar surface area (TPSA) is 49.2 Å². The molecule has 0 amide bonds. The molecule has 2 heterocycles. The van der Waals surface area contributed by atoms with E-state index in [0.717, 1.165) is 25.7 Å². The Morgan fingerprint density at radius 1 is 1.40 bits per heavy atom. The van der Waals surface area contributed by atoms with Crippen LogP contribution in [0.4, 0.5) is 10.2 Å². The van der Waals surface area contributed by atoms with Crippen LogP contribution in [-0.2, 0) is 6.42 Å². The lowest BCUT2D eigenvalue weighted by Crippen LogP contribution is -2.53. The molecule has 2 aliphatic rings. The van der Waals surface area contributed by atoms with Gasteiger partial charge in [-0.2, -0.15) is 0 Å². The highest BCUT2D eigenvalue weighted by atomic mass is 19.1. The molecule has 0 aromatic carbocycles. The Hall–Kier alpha value is -1.23. The van der Waals surface area contributed by atoms with Gasteiger partial charge >= 0.3 is 0 Å². The fourth-order valence-corrected chi connectivity index (χ4v) is 3.63. The number of aryl methyl sites for hydroxylation is 1. The molecule has 2 atom stereocenters. The van der Waals surface area contributed by atoms with E-state index in [2.05, 4.69) is 9.97 Å². The standard InChI is InChI=1S/C15H22FN3O/c1-2-12-13(16)14(18-10-17-12)19-8-7-15(20)6-4-3-5-11(15)9-19/h10-11,20H,2-9H2,1H3. The maximum atomic E-state index is 14.3. The summed E-state index contributed by atoms with van der Waals surface area (Å²) in [5, 5.41) is 10.7. The minimum Gasteiger partial charge on any atom is -0.389 e. The summed E-state index contributed by atoms with van der Waals surface area (Å²) in [5.41, 5.74) is -0.0641. The Morgan fingerprint density at radius 2 is 2.25 bits per heavy atom. The normalized spacial score (nSPS) is 30.1. The number of anilines is 1. The lowest BCUT2D eigenvalue weighted by Gasteiger charge is -2.47. The van der Waals surface area contributed by atoms with Crippen molar-refractivity contribution in [1.82, 2.24) is 9.97 Å². The first-order valence-corrected chi connectivity index (χ1v) is 7.61. The molecule has 4 nitrogen and oxygen atoms in total. The molecule has 1 saturated carbocycles. The van der Waals surface area contributed by atoms with Gasteiger partial charge < -0.3 is 10.0 Å². The zero-order valence-corrected chi connectivity index (χ0v) is 12.0. The van der Waals surface area contributed by atoms with Crippen LogP contribution in [0.25, 0.3) is 0 Å². The number of aliphatic hydroxyl groups is 1. The van der Waals surface area contributed by atoms with E-state index in [9.17, 15) is 9.50 Å². The van der Waals surface area contributed by atoms with Crippen LogP contribution in [0.3, 0.4) is 0 Å². The molecule has 1 aromatic rings. The second kappa shape index (κ2) is 5.28. The molecule has 0 spiro atoms. The minimum atomic E-state index is -0.536. The molecule has 110 valence electrons. The zero-order chi connectivity index (χ0) is 14.2. The van der Waals surface area contributed by atoms with Gasteiger partial charge in [-0.25, -0.2) is 14.4 Å². The van der Waals surface area contributed by atoms with Crippen molar-refractivity contribution in [3.8, 4) is 0 Å². The van der Waals surface area contributed by atoms with Gasteiger partial charge in [-0.15, -0.1) is 0 Å². The smallest absolute Gasteiger partial charge is 0.187 e. The van der Waals surface area contributed by atoms with Gasteiger partial charge in [-0.1, -0.05) is 19.8 Å². The Labute approximate surface area is 119 Å². The van der Waals surface area contributed by atoms with Gasteiger partial charge in [0.05, 0.1) is 11.3 Å². The molecule has 1 aliphatic carbocycles. The van der Waals surface area contributed by atoms with Crippen LogP contribution in [0.1, 0.15) is 44.7 Å². The average molecular weight is 279 g/mol. The fraction of sp³-hybridized carbons (Fsp3) is 0.733. The van der Waals surface area contributed by atoms with Crippen LogP contribution in [0.2, 0.25) is 0 Å². The number of hydrogen-bond acceptors (Lipinski definition) is 4. The maximum absolute atomic E-state index is 14.3. The van der Waals surface area contributed by atoms with E-state index in [4.69, 9.17) is 0 Å². The second-order valence-corrected chi connectivity index (χ2v) is 6.05. The number of hydrogen-bond donors (Lipinski definition) is 1. The number of aromatic nitrogens is 2. The largest absolute Gasteiger partial charge is 0.389 e. The Bertz CT molecular complexity index is 496. The van der Waals surface area contributed by atoms with E-state index in [-0.39, 0.29) is 11.7 Å². The van der Waals surface area contributed by atoms with Crippen LogP contribution in [0, 0.1) is 11.7 Å².